The normalized spacial score (nSPS) is 14.0. The van der Waals surface area contributed by atoms with Crippen LogP contribution in [0.3, 0.4) is 0 Å². The van der Waals surface area contributed by atoms with E-state index in [0.717, 1.165) is 21.9 Å². The van der Waals surface area contributed by atoms with Crippen LogP contribution in [-0.2, 0) is 0 Å². The number of aromatic hydroxyl groups is 1. The molecule has 2 aromatic carbocycles. The van der Waals surface area contributed by atoms with E-state index in [1.54, 1.807) is 6.21 Å². The highest BCUT2D eigenvalue weighted by Crippen LogP contribution is 2.32. The fourth-order valence-electron chi connectivity index (χ4n) is 2.83. The number of rotatable bonds is 2. The first-order valence-corrected chi connectivity index (χ1v) is 7.74. The molecule has 4 rings (SSSR count). The number of hydrogen-bond acceptors (Lipinski definition) is 4. The summed E-state index contributed by atoms with van der Waals surface area (Å²) in [7, 11) is 0. The van der Waals surface area contributed by atoms with Crippen molar-refractivity contribution < 1.29 is 9.50 Å². The number of benzene rings is 2. The molecule has 3 aromatic rings. The molecule has 2 N–H and O–H groups in total. The first-order valence-electron chi connectivity index (χ1n) is 7.74. The topological polar surface area (TPSA) is 87.5 Å². The first-order chi connectivity index (χ1) is 12.5. The molecule has 0 atom stereocenters. The molecule has 7 heteroatoms. The van der Waals surface area contributed by atoms with Gasteiger partial charge in [-0.2, -0.15) is 0 Å². The van der Waals surface area contributed by atoms with Gasteiger partial charge in [0.05, 0.1) is 11.4 Å². The molecule has 1 aliphatic rings. The van der Waals surface area contributed by atoms with Gasteiger partial charge in [0.2, 0.25) is 5.88 Å². The lowest BCUT2D eigenvalue weighted by Gasteiger charge is -2.10. The number of nitrogens with one attached hydrogen (secondary N) is 1. The van der Waals surface area contributed by atoms with Crippen LogP contribution in [0.15, 0.2) is 63.1 Å². The highest BCUT2D eigenvalue weighted by Gasteiger charge is 2.17. The number of nitrogens with zero attached hydrogens (tertiary/aromatic N) is 2. The quantitative estimate of drug-likeness (QED) is 0.745. The van der Waals surface area contributed by atoms with Crippen molar-refractivity contribution in [2.45, 2.75) is 0 Å². The Labute approximate surface area is 146 Å². The van der Waals surface area contributed by atoms with Gasteiger partial charge in [0, 0.05) is 17.4 Å². The maximum Gasteiger partial charge on any atom is 0.335 e. The van der Waals surface area contributed by atoms with Crippen LogP contribution >= 0.6 is 0 Å². The highest BCUT2D eigenvalue weighted by atomic mass is 19.1. The number of aliphatic imine (C=N–C) groups is 1. The Morgan fingerprint density at radius 2 is 1.92 bits per heavy atom. The Kier molecular flexibility index (Phi) is 3.62. The molecule has 0 bridgehead atoms. The lowest BCUT2D eigenvalue weighted by molar-refractivity contribution is 0.429. The average Bonchev–Trinajstić information content (AvgIpc) is 3.01. The molecule has 0 saturated heterocycles. The zero-order chi connectivity index (χ0) is 18.3. The molecule has 26 heavy (non-hydrogen) atoms. The number of aromatic amines is 1. The number of halogens is 1. The van der Waals surface area contributed by atoms with Crippen LogP contribution in [0.25, 0.3) is 17.3 Å². The second-order valence-electron chi connectivity index (χ2n) is 5.69. The number of aromatic nitrogens is 2. The van der Waals surface area contributed by atoms with E-state index < -0.39 is 22.9 Å². The van der Waals surface area contributed by atoms with Crippen molar-refractivity contribution in [1.29, 1.82) is 0 Å². The van der Waals surface area contributed by atoms with Gasteiger partial charge in [0.1, 0.15) is 11.4 Å². The molecule has 1 aliphatic heterocycles. The van der Waals surface area contributed by atoms with Crippen LogP contribution < -0.4 is 11.2 Å². The molecule has 0 spiro atoms. The Bertz CT molecular complexity index is 1210. The van der Waals surface area contributed by atoms with Crippen LogP contribution in [0.2, 0.25) is 0 Å². The summed E-state index contributed by atoms with van der Waals surface area (Å²) < 4.78 is 14.3. The third-order valence-electron chi connectivity index (χ3n) is 4.04. The van der Waals surface area contributed by atoms with Crippen LogP contribution in [0.1, 0.15) is 11.1 Å². The van der Waals surface area contributed by atoms with Crippen molar-refractivity contribution in [3.05, 3.63) is 86.3 Å². The van der Waals surface area contributed by atoms with Gasteiger partial charge in [0.15, 0.2) is 0 Å². The van der Waals surface area contributed by atoms with E-state index >= 15 is 0 Å². The molecule has 0 unspecified atom stereocenters. The number of H-pyrrole nitrogens is 1. The summed E-state index contributed by atoms with van der Waals surface area (Å²) in [6.45, 7) is 0. The molecule has 0 radical (unpaired) electrons. The van der Waals surface area contributed by atoms with Gasteiger partial charge in [-0.25, -0.2) is 13.8 Å². The number of hydrogen-bond donors (Lipinski definition) is 2. The van der Waals surface area contributed by atoms with Crippen molar-refractivity contribution in [2.75, 3.05) is 0 Å². The molecular formula is C19H12FN3O3. The minimum Gasteiger partial charge on any atom is -0.494 e. The van der Waals surface area contributed by atoms with Crippen molar-refractivity contribution in [3.63, 3.8) is 0 Å². The summed E-state index contributed by atoms with van der Waals surface area (Å²) in [4.78, 5) is 30.7. The van der Waals surface area contributed by atoms with Gasteiger partial charge in [-0.1, -0.05) is 24.3 Å². The van der Waals surface area contributed by atoms with E-state index in [-0.39, 0.29) is 11.3 Å². The molecule has 0 saturated carbocycles. The van der Waals surface area contributed by atoms with Crippen LogP contribution in [0.4, 0.5) is 10.1 Å². The van der Waals surface area contributed by atoms with Gasteiger partial charge in [-0.05, 0) is 30.3 Å². The van der Waals surface area contributed by atoms with E-state index in [0.29, 0.717) is 5.57 Å². The Balaban J connectivity index is 1.93. The van der Waals surface area contributed by atoms with E-state index in [9.17, 15) is 19.1 Å². The van der Waals surface area contributed by atoms with E-state index in [2.05, 4.69) is 9.98 Å². The summed E-state index contributed by atoms with van der Waals surface area (Å²) in [6.07, 6.45) is 3.01. The minimum absolute atomic E-state index is 0.101. The lowest BCUT2D eigenvalue weighted by atomic mass is 10.1. The van der Waals surface area contributed by atoms with Crippen LogP contribution in [-0.4, -0.2) is 20.9 Å². The average molecular weight is 349 g/mol. The van der Waals surface area contributed by atoms with Crippen LogP contribution in [0, 0.1) is 5.82 Å². The maximum absolute atomic E-state index is 13.5. The molecule has 6 nitrogen and oxygen atoms in total. The number of fused-ring (bicyclic) bond motifs is 1. The fourth-order valence-corrected chi connectivity index (χ4v) is 2.83. The maximum atomic E-state index is 13.5. The summed E-state index contributed by atoms with van der Waals surface area (Å²) >= 11 is 0. The molecule has 0 fully saturated rings. The molecule has 0 aliphatic carbocycles. The van der Waals surface area contributed by atoms with E-state index in [1.807, 2.05) is 24.3 Å². The molecule has 0 amide bonds. The first kappa shape index (κ1) is 15.8. The summed E-state index contributed by atoms with van der Waals surface area (Å²) in [6, 6.07) is 12.5. The predicted molar refractivity (Wildman–Crippen MR) is 96.7 cm³/mol. The monoisotopic (exact) mass is 349 g/mol. The standard InChI is InChI=1S/C19H12FN3O3/c20-12-4-3-5-13(9-12)23-18(25)15(17(24)22-19(23)26)8-11-10-21-16-7-2-1-6-14(11)16/h1-10,25H,(H,22,24,26). The Hall–Kier alpha value is -3.74. The van der Waals surface area contributed by atoms with Crippen LogP contribution in [0.5, 0.6) is 5.88 Å². The summed E-state index contributed by atoms with van der Waals surface area (Å²) in [5.74, 6) is -1.15. The summed E-state index contributed by atoms with van der Waals surface area (Å²) in [5, 5.41) is 10.5. The van der Waals surface area contributed by atoms with Gasteiger partial charge in [-0.3, -0.25) is 14.8 Å². The highest BCUT2D eigenvalue weighted by molar-refractivity contribution is 6.21. The molecule has 2 heterocycles. The molecule has 1 aromatic heterocycles. The van der Waals surface area contributed by atoms with Crippen molar-refractivity contribution in [1.82, 2.24) is 9.55 Å². The third-order valence-corrected chi connectivity index (χ3v) is 4.04. The largest absolute Gasteiger partial charge is 0.494 e. The second kappa shape index (κ2) is 5.96. The fraction of sp³-hybridized carbons (Fsp3) is 0. The predicted octanol–water partition coefficient (Wildman–Crippen LogP) is 2.63. The molecular weight excluding hydrogens is 337 g/mol. The van der Waals surface area contributed by atoms with Crippen molar-refractivity contribution in [2.24, 2.45) is 4.99 Å². The van der Waals surface area contributed by atoms with Crippen molar-refractivity contribution >= 4 is 23.6 Å². The smallest absolute Gasteiger partial charge is 0.335 e. The van der Waals surface area contributed by atoms with Crippen molar-refractivity contribution in [3.8, 4) is 11.6 Å². The van der Waals surface area contributed by atoms with Gasteiger partial charge >= 0.3 is 5.69 Å². The third kappa shape index (κ3) is 2.55. The van der Waals surface area contributed by atoms with Gasteiger partial charge < -0.3 is 5.11 Å². The SMILES string of the molecule is O=c1[nH]c(=O)n(-c2cccc(F)c2)c(O)c1C=C1C=Nc2ccccc21. The zero-order valence-corrected chi connectivity index (χ0v) is 13.3. The van der Waals surface area contributed by atoms with Gasteiger partial charge in [0.25, 0.3) is 5.56 Å². The number of para-hydroxylation sites is 1. The summed E-state index contributed by atoms with van der Waals surface area (Å²) in [5.41, 5.74) is 0.538. The number of allylic oxidation sites excluding steroid dienone is 1. The second-order valence-corrected chi connectivity index (χ2v) is 5.69. The zero-order valence-electron chi connectivity index (χ0n) is 13.3. The Morgan fingerprint density at radius 1 is 1.12 bits per heavy atom. The van der Waals surface area contributed by atoms with Gasteiger partial charge in [-0.15, -0.1) is 0 Å². The Morgan fingerprint density at radius 3 is 2.73 bits per heavy atom. The van der Waals surface area contributed by atoms with E-state index in [4.69, 9.17) is 0 Å². The molecule has 128 valence electrons. The van der Waals surface area contributed by atoms with E-state index in [1.165, 1.54) is 24.3 Å². The minimum atomic E-state index is -0.860. The lowest BCUT2D eigenvalue weighted by Crippen LogP contribution is -2.30.